The quantitative estimate of drug-likeness (QED) is 0.339. The van der Waals surface area contributed by atoms with Gasteiger partial charge in [-0.25, -0.2) is 0 Å². The van der Waals surface area contributed by atoms with Crippen molar-refractivity contribution in [3.8, 4) is 17.2 Å². The molecule has 2 aromatic rings. The zero-order valence-corrected chi connectivity index (χ0v) is 21.1. The van der Waals surface area contributed by atoms with Crippen LogP contribution in [0.1, 0.15) is 22.7 Å². The Hall–Kier alpha value is -3.56. The molecule has 2 aliphatic heterocycles. The second-order valence-corrected chi connectivity index (χ2v) is 8.74. The van der Waals surface area contributed by atoms with Crippen molar-refractivity contribution in [1.82, 2.24) is 9.80 Å². The number of morpholine rings is 1. The lowest BCUT2D eigenvalue weighted by Crippen LogP contribution is -2.42. The predicted octanol–water partition coefficient (Wildman–Crippen LogP) is 2.77. The number of aliphatic hydroxyl groups excluding tert-OH is 1. The molecule has 2 heterocycles. The van der Waals surface area contributed by atoms with Crippen LogP contribution in [-0.2, 0) is 14.3 Å². The molecule has 0 radical (unpaired) electrons. The van der Waals surface area contributed by atoms with Gasteiger partial charge in [0.2, 0.25) is 0 Å². The summed E-state index contributed by atoms with van der Waals surface area (Å²) in [5.41, 5.74) is 1.79. The van der Waals surface area contributed by atoms with Gasteiger partial charge in [0.1, 0.15) is 23.0 Å². The Kier molecular flexibility index (Phi) is 7.81. The van der Waals surface area contributed by atoms with E-state index in [0.29, 0.717) is 54.7 Å². The molecule has 0 saturated carbocycles. The molecule has 192 valence electrons. The van der Waals surface area contributed by atoms with Crippen LogP contribution in [0, 0.1) is 6.92 Å². The van der Waals surface area contributed by atoms with E-state index in [9.17, 15) is 14.7 Å². The number of hydrogen-bond donors (Lipinski definition) is 1. The number of hydrogen-bond acceptors (Lipinski definition) is 8. The highest BCUT2D eigenvalue weighted by atomic mass is 16.5. The first kappa shape index (κ1) is 25.5. The molecule has 2 fully saturated rings. The van der Waals surface area contributed by atoms with Crippen molar-refractivity contribution in [1.29, 1.82) is 0 Å². The second kappa shape index (κ2) is 11.0. The third-order valence-electron chi connectivity index (χ3n) is 6.70. The van der Waals surface area contributed by atoms with E-state index in [-0.39, 0.29) is 11.3 Å². The topological polar surface area (TPSA) is 97.8 Å². The van der Waals surface area contributed by atoms with Crippen LogP contribution in [-0.4, -0.2) is 87.3 Å². The summed E-state index contributed by atoms with van der Waals surface area (Å²) in [6.07, 6.45) is 0. The molecule has 9 heteroatoms. The van der Waals surface area contributed by atoms with Gasteiger partial charge in [-0.3, -0.25) is 14.5 Å². The van der Waals surface area contributed by atoms with Crippen LogP contribution in [0.4, 0.5) is 0 Å². The van der Waals surface area contributed by atoms with E-state index in [0.717, 1.165) is 18.7 Å². The third-order valence-corrected chi connectivity index (χ3v) is 6.70. The molecule has 0 aromatic heterocycles. The van der Waals surface area contributed by atoms with Gasteiger partial charge in [0, 0.05) is 37.3 Å². The highest BCUT2D eigenvalue weighted by molar-refractivity contribution is 6.46. The minimum absolute atomic E-state index is 0.0121. The molecule has 4 rings (SSSR count). The number of ether oxygens (including phenoxy) is 4. The van der Waals surface area contributed by atoms with Crippen LogP contribution < -0.4 is 14.2 Å². The Labute approximate surface area is 210 Å². The maximum atomic E-state index is 13.4. The number of rotatable bonds is 8. The van der Waals surface area contributed by atoms with Crippen molar-refractivity contribution in [2.75, 3.05) is 60.7 Å². The van der Waals surface area contributed by atoms with Crippen LogP contribution >= 0.6 is 0 Å². The van der Waals surface area contributed by atoms with Gasteiger partial charge in [-0.2, -0.15) is 0 Å². The molecule has 2 saturated heterocycles. The number of benzene rings is 2. The third kappa shape index (κ3) is 4.89. The molecule has 1 amide bonds. The van der Waals surface area contributed by atoms with Gasteiger partial charge in [-0.1, -0.05) is 0 Å². The van der Waals surface area contributed by atoms with Crippen molar-refractivity contribution in [3.63, 3.8) is 0 Å². The van der Waals surface area contributed by atoms with E-state index in [4.69, 9.17) is 18.9 Å². The van der Waals surface area contributed by atoms with E-state index >= 15 is 0 Å². The van der Waals surface area contributed by atoms with Gasteiger partial charge < -0.3 is 29.0 Å². The summed E-state index contributed by atoms with van der Waals surface area (Å²) < 4.78 is 21.8. The zero-order valence-electron chi connectivity index (χ0n) is 21.1. The zero-order chi connectivity index (χ0) is 25.8. The minimum atomic E-state index is -0.849. The molecular weight excluding hydrogens is 464 g/mol. The highest BCUT2D eigenvalue weighted by Gasteiger charge is 2.47. The number of aryl methyl sites for hydroxylation is 1. The first-order chi connectivity index (χ1) is 17.4. The van der Waals surface area contributed by atoms with E-state index in [1.165, 1.54) is 12.0 Å². The molecule has 2 aromatic carbocycles. The molecule has 1 N–H and O–H groups in total. The summed E-state index contributed by atoms with van der Waals surface area (Å²) in [5.74, 6) is 0.0369. The Bertz CT molecular complexity index is 1170. The van der Waals surface area contributed by atoms with Crippen molar-refractivity contribution in [3.05, 3.63) is 58.7 Å². The largest absolute Gasteiger partial charge is 0.507 e. The van der Waals surface area contributed by atoms with E-state index in [2.05, 4.69) is 4.90 Å². The Balaban J connectivity index is 1.83. The van der Waals surface area contributed by atoms with Crippen LogP contribution in [0.3, 0.4) is 0 Å². The van der Waals surface area contributed by atoms with Crippen molar-refractivity contribution in [2.24, 2.45) is 0 Å². The maximum absolute atomic E-state index is 13.4. The molecule has 0 aliphatic carbocycles. The van der Waals surface area contributed by atoms with Gasteiger partial charge in [-0.15, -0.1) is 0 Å². The number of carbonyl (C=O) groups is 2. The SMILES string of the molecule is COc1ccc(OC)c([C@@H]2/C(=C(\O)c3ccc(OC)c(C)c3)C(=O)C(=O)N2CCN2CCOCC2)c1. The van der Waals surface area contributed by atoms with E-state index < -0.39 is 17.7 Å². The number of likely N-dealkylation sites (tertiary alicyclic amines) is 1. The van der Waals surface area contributed by atoms with Gasteiger partial charge in [0.15, 0.2) is 0 Å². The smallest absolute Gasteiger partial charge is 0.295 e. The Morgan fingerprint density at radius 3 is 2.31 bits per heavy atom. The lowest BCUT2D eigenvalue weighted by Gasteiger charge is -2.31. The van der Waals surface area contributed by atoms with E-state index in [1.54, 1.807) is 50.6 Å². The number of aliphatic hydroxyl groups is 1. The fourth-order valence-corrected chi connectivity index (χ4v) is 4.74. The number of ketones is 1. The summed E-state index contributed by atoms with van der Waals surface area (Å²) in [5, 5.41) is 11.4. The number of Topliss-reactive ketones (excluding diaryl/α,β-unsaturated/α-hetero) is 1. The lowest BCUT2D eigenvalue weighted by molar-refractivity contribution is -0.140. The molecule has 0 unspecified atom stereocenters. The summed E-state index contributed by atoms with van der Waals surface area (Å²) in [4.78, 5) is 30.4. The van der Waals surface area contributed by atoms with Gasteiger partial charge in [0.25, 0.3) is 11.7 Å². The Morgan fingerprint density at radius 2 is 1.67 bits per heavy atom. The molecule has 0 spiro atoms. The summed E-state index contributed by atoms with van der Waals surface area (Å²) in [7, 11) is 4.63. The van der Waals surface area contributed by atoms with Crippen LogP contribution in [0.15, 0.2) is 42.0 Å². The first-order valence-electron chi connectivity index (χ1n) is 11.8. The van der Waals surface area contributed by atoms with Gasteiger partial charge >= 0.3 is 0 Å². The van der Waals surface area contributed by atoms with Crippen molar-refractivity contribution >= 4 is 17.4 Å². The average molecular weight is 497 g/mol. The fraction of sp³-hybridized carbons (Fsp3) is 0.407. The molecule has 9 nitrogen and oxygen atoms in total. The highest BCUT2D eigenvalue weighted by Crippen LogP contribution is 2.44. The number of methoxy groups -OCH3 is 3. The number of nitrogens with zero attached hydrogens (tertiary/aromatic N) is 2. The lowest BCUT2D eigenvalue weighted by atomic mass is 9.94. The summed E-state index contributed by atoms with van der Waals surface area (Å²) in [6.45, 7) is 5.48. The maximum Gasteiger partial charge on any atom is 0.295 e. The van der Waals surface area contributed by atoms with Gasteiger partial charge in [0.05, 0.1) is 46.2 Å². The fourth-order valence-electron chi connectivity index (χ4n) is 4.74. The van der Waals surface area contributed by atoms with Crippen LogP contribution in [0.2, 0.25) is 0 Å². The molecular formula is C27H32N2O7. The van der Waals surface area contributed by atoms with Crippen molar-refractivity contribution in [2.45, 2.75) is 13.0 Å². The second-order valence-electron chi connectivity index (χ2n) is 8.74. The molecule has 36 heavy (non-hydrogen) atoms. The monoisotopic (exact) mass is 496 g/mol. The van der Waals surface area contributed by atoms with Crippen molar-refractivity contribution < 1.29 is 33.6 Å². The standard InChI is InChI=1S/C27H32N2O7/c1-17-15-18(5-7-21(17)34-3)25(30)23-24(20-16-19(33-2)6-8-22(20)35-4)29(27(32)26(23)31)10-9-28-11-13-36-14-12-28/h5-8,15-16,24,30H,9-14H2,1-4H3/b25-23+/t24-/m1/s1. The van der Waals surface area contributed by atoms with Crippen LogP contribution in [0.5, 0.6) is 17.2 Å². The normalized spacial score (nSPS) is 20.0. The number of amides is 1. The average Bonchev–Trinajstić information content (AvgIpc) is 3.16. The number of carbonyl (C=O) groups excluding carboxylic acids is 2. The summed E-state index contributed by atoms with van der Waals surface area (Å²) in [6, 6.07) is 9.49. The van der Waals surface area contributed by atoms with E-state index in [1.807, 2.05) is 6.92 Å². The first-order valence-corrected chi connectivity index (χ1v) is 11.8. The molecule has 0 bridgehead atoms. The summed E-state index contributed by atoms with van der Waals surface area (Å²) >= 11 is 0. The minimum Gasteiger partial charge on any atom is -0.507 e. The molecule has 2 aliphatic rings. The Morgan fingerprint density at radius 1 is 0.972 bits per heavy atom. The predicted molar refractivity (Wildman–Crippen MR) is 134 cm³/mol. The van der Waals surface area contributed by atoms with Gasteiger partial charge in [-0.05, 0) is 48.9 Å². The molecule has 1 atom stereocenters. The van der Waals surface area contributed by atoms with Crippen LogP contribution in [0.25, 0.3) is 5.76 Å².